The fourth-order valence-electron chi connectivity index (χ4n) is 5.47. The Morgan fingerprint density at radius 1 is 1.05 bits per heavy atom. The van der Waals surface area contributed by atoms with E-state index in [1.807, 2.05) is 83.2 Å². The van der Waals surface area contributed by atoms with Crippen molar-refractivity contribution < 1.29 is 9.26 Å². The molecular formula is C35H42N4O4. The van der Waals surface area contributed by atoms with Crippen LogP contribution in [0.3, 0.4) is 0 Å². The third kappa shape index (κ3) is 6.96. The number of nitrogens with one attached hydrogen (secondary N) is 1. The number of hydrogen-bond acceptors (Lipinski definition) is 6. The van der Waals surface area contributed by atoms with Crippen LogP contribution < -0.4 is 16.1 Å². The zero-order chi connectivity index (χ0) is 30.9. The molecule has 2 aromatic carbocycles. The van der Waals surface area contributed by atoms with Crippen molar-refractivity contribution >= 4 is 11.1 Å². The van der Waals surface area contributed by atoms with E-state index in [2.05, 4.69) is 23.1 Å². The predicted molar refractivity (Wildman–Crippen MR) is 172 cm³/mol. The molecule has 0 radical (unpaired) electrons. The van der Waals surface area contributed by atoms with Gasteiger partial charge in [0.2, 0.25) is 0 Å². The van der Waals surface area contributed by atoms with Crippen LogP contribution >= 0.6 is 0 Å². The molecule has 2 aromatic heterocycles. The molecule has 0 bridgehead atoms. The van der Waals surface area contributed by atoms with Gasteiger partial charge in [-0.2, -0.15) is 0 Å². The number of aromatic nitrogens is 4. The molecule has 4 aromatic rings. The zero-order valence-electron chi connectivity index (χ0n) is 26.1. The lowest BCUT2D eigenvalue weighted by Gasteiger charge is -2.20. The largest absolute Gasteiger partial charge is 0.493 e. The molecule has 1 aliphatic heterocycles. The minimum atomic E-state index is -0.593. The lowest BCUT2D eigenvalue weighted by atomic mass is 9.94. The molecule has 8 heteroatoms. The number of aromatic amines is 1. The number of rotatable bonds is 9. The number of benzene rings is 2. The van der Waals surface area contributed by atoms with Crippen molar-refractivity contribution in [3.05, 3.63) is 115 Å². The van der Waals surface area contributed by atoms with Crippen LogP contribution in [0.15, 0.2) is 68.7 Å². The van der Waals surface area contributed by atoms with Crippen LogP contribution in [0.4, 0.5) is 0 Å². The summed E-state index contributed by atoms with van der Waals surface area (Å²) in [7, 11) is 0. The molecule has 1 N–H and O–H groups in total. The van der Waals surface area contributed by atoms with Gasteiger partial charge in [0.25, 0.3) is 5.56 Å². The molecule has 0 amide bonds. The average Bonchev–Trinajstić information content (AvgIpc) is 3.47. The first-order valence-electron chi connectivity index (χ1n) is 15.3. The van der Waals surface area contributed by atoms with Crippen LogP contribution in [-0.4, -0.2) is 26.3 Å². The number of aryl methyl sites for hydroxylation is 3. The number of H-pyrrole nitrogens is 1. The van der Waals surface area contributed by atoms with E-state index >= 15 is 0 Å². The third-order valence-electron chi connectivity index (χ3n) is 7.56. The van der Waals surface area contributed by atoms with Gasteiger partial charge in [-0.3, -0.25) is 18.9 Å². The van der Waals surface area contributed by atoms with Crippen molar-refractivity contribution in [1.29, 1.82) is 0 Å². The molecule has 0 unspecified atom stereocenters. The van der Waals surface area contributed by atoms with Crippen LogP contribution in [0.1, 0.15) is 93.5 Å². The van der Waals surface area contributed by atoms with E-state index < -0.39 is 5.76 Å². The first-order valence-corrected chi connectivity index (χ1v) is 15.3. The highest BCUT2D eigenvalue weighted by Gasteiger charge is 2.19. The van der Waals surface area contributed by atoms with E-state index in [1.54, 1.807) is 4.57 Å². The summed E-state index contributed by atoms with van der Waals surface area (Å²) < 4.78 is 12.3. The predicted octanol–water partition coefficient (Wildman–Crippen LogP) is 7.01. The van der Waals surface area contributed by atoms with Crippen molar-refractivity contribution in [2.24, 2.45) is 0 Å². The molecule has 226 valence electrons. The van der Waals surface area contributed by atoms with E-state index in [4.69, 9.17) is 14.2 Å². The minimum absolute atomic E-state index is 0.0382. The van der Waals surface area contributed by atoms with Gasteiger partial charge in [0.1, 0.15) is 11.6 Å². The third-order valence-corrected chi connectivity index (χ3v) is 7.56. The highest BCUT2D eigenvalue weighted by atomic mass is 16.5. The van der Waals surface area contributed by atoms with Crippen LogP contribution in [0.25, 0.3) is 16.8 Å². The Morgan fingerprint density at radius 3 is 2.44 bits per heavy atom. The highest BCUT2D eigenvalue weighted by molar-refractivity contribution is 6.03. The van der Waals surface area contributed by atoms with E-state index in [0.717, 1.165) is 77.1 Å². The van der Waals surface area contributed by atoms with Crippen LogP contribution in [0.2, 0.25) is 0 Å². The molecule has 5 rings (SSSR count). The Hall–Kier alpha value is -4.46. The van der Waals surface area contributed by atoms with Crippen molar-refractivity contribution in [3.8, 4) is 11.4 Å². The average molecular weight is 583 g/mol. The summed E-state index contributed by atoms with van der Waals surface area (Å²) in [5.41, 5.74) is 7.17. The maximum absolute atomic E-state index is 14.1. The minimum Gasteiger partial charge on any atom is -0.493 e. The summed E-state index contributed by atoms with van der Waals surface area (Å²) in [6.07, 6.45) is 9.09. The normalized spacial score (nSPS) is 13.2. The molecule has 0 saturated heterocycles. The molecule has 43 heavy (non-hydrogen) atoms. The second kappa shape index (κ2) is 14.6. The van der Waals surface area contributed by atoms with Gasteiger partial charge in [0, 0.05) is 23.6 Å². The first kappa shape index (κ1) is 31.5. The van der Waals surface area contributed by atoms with Gasteiger partial charge in [-0.05, 0) is 74.8 Å². The standard InChI is InChI=1S/C33H36N4O4.C2H6/c1-5-8-11-29-28(32(38)37(21(4)34-29)25-17-16-24-10-9-18-40-30(24)20-25)19-22-12-14-23(15-13-22)26(6-2)27(7-3)31-35-33(39)41-36-31;1-2/h6-7,12-17,20H,5,8-11,18-19H2,1-4H3,(H,35,36,39);1-2H3/b26-6-,27-7+;. The van der Waals surface area contributed by atoms with Crippen LogP contribution in [-0.2, 0) is 19.3 Å². The van der Waals surface area contributed by atoms with Gasteiger partial charge >= 0.3 is 5.76 Å². The second-order valence-corrected chi connectivity index (χ2v) is 10.3. The molecule has 0 atom stereocenters. The van der Waals surface area contributed by atoms with E-state index in [1.165, 1.54) is 5.56 Å². The topological polar surface area (TPSA) is 103 Å². The first-order chi connectivity index (χ1) is 20.9. The van der Waals surface area contributed by atoms with Crippen LogP contribution in [0, 0.1) is 6.92 Å². The van der Waals surface area contributed by atoms with Gasteiger partial charge in [0.15, 0.2) is 5.82 Å². The van der Waals surface area contributed by atoms with Crippen molar-refractivity contribution in [2.45, 2.75) is 80.1 Å². The highest BCUT2D eigenvalue weighted by Crippen LogP contribution is 2.30. The Labute approximate surface area is 253 Å². The molecule has 0 fully saturated rings. The molecule has 0 saturated carbocycles. The number of allylic oxidation sites excluding steroid dienone is 4. The molecule has 3 heterocycles. The summed E-state index contributed by atoms with van der Waals surface area (Å²) in [4.78, 5) is 33.2. The van der Waals surface area contributed by atoms with Crippen LogP contribution in [0.5, 0.6) is 5.75 Å². The summed E-state index contributed by atoms with van der Waals surface area (Å²) in [6, 6.07) is 14.2. The van der Waals surface area contributed by atoms with Gasteiger partial charge in [0.05, 0.1) is 18.0 Å². The number of hydrogen-bond donors (Lipinski definition) is 1. The van der Waals surface area contributed by atoms with Crippen molar-refractivity contribution in [3.63, 3.8) is 0 Å². The monoisotopic (exact) mass is 582 g/mol. The number of unbranched alkanes of at least 4 members (excludes halogenated alkanes) is 1. The molecule has 0 aliphatic carbocycles. The molecule has 8 nitrogen and oxygen atoms in total. The SMILES string of the molecule is C/C=C(\C(=C/C)c1noc(=O)[nH]1)c1ccc(Cc2c(CCCC)nc(C)n(-c3ccc4c(c3)OCCC4)c2=O)cc1.CC. The van der Waals surface area contributed by atoms with E-state index in [0.29, 0.717) is 24.7 Å². The van der Waals surface area contributed by atoms with Crippen molar-refractivity contribution in [2.75, 3.05) is 6.61 Å². The number of nitrogens with zero attached hydrogens (tertiary/aromatic N) is 3. The lowest BCUT2D eigenvalue weighted by molar-refractivity contribution is 0.288. The second-order valence-electron chi connectivity index (χ2n) is 10.3. The van der Waals surface area contributed by atoms with Crippen molar-refractivity contribution in [1.82, 2.24) is 19.7 Å². The Kier molecular flexibility index (Phi) is 10.7. The van der Waals surface area contributed by atoms with Gasteiger partial charge in [-0.25, -0.2) is 9.78 Å². The maximum Gasteiger partial charge on any atom is 0.439 e. The number of fused-ring (bicyclic) bond motifs is 1. The Morgan fingerprint density at radius 2 is 1.79 bits per heavy atom. The zero-order valence-corrected chi connectivity index (χ0v) is 26.1. The fraction of sp³-hybridized carbons (Fsp3) is 0.371. The Bertz CT molecular complexity index is 1720. The summed E-state index contributed by atoms with van der Waals surface area (Å²) in [6.45, 7) is 12.6. The summed E-state index contributed by atoms with van der Waals surface area (Å²) in [5, 5.41) is 3.86. The smallest absolute Gasteiger partial charge is 0.439 e. The Balaban J connectivity index is 0.00000207. The van der Waals surface area contributed by atoms with Gasteiger partial charge < -0.3 is 4.74 Å². The molecule has 0 spiro atoms. The summed E-state index contributed by atoms with van der Waals surface area (Å²) >= 11 is 0. The molecular weight excluding hydrogens is 540 g/mol. The van der Waals surface area contributed by atoms with Gasteiger partial charge in [-0.1, -0.05) is 74.8 Å². The molecule has 1 aliphatic rings. The summed E-state index contributed by atoms with van der Waals surface area (Å²) in [5.74, 6) is 1.32. The lowest BCUT2D eigenvalue weighted by Crippen LogP contribution is -2.28. The van der Waals surface area contributed by atoms with E-state index in [9.17, 15) is 9.59 Å². The van der Waals surface area contributed by atoms with E-state index in [-0.39, 0.29) is 5.56 Å². The fourth-order valence-corrected chi connectivity index (χ4v) is 5.47. The quantitative estimate of drug-likeness (QED) is 0.213. The van der Waals surface area contributed by atoms with Gasteiger partial charge in [-0.15, -0.1) is 0 Å². The number of ether oxygens (including phenoxy) is 1. The maximum atomic E-state index is 14.1.